The summed E-state index contributed by atoms with van der Waals surface area (Å²) in [5.41, 5.74) is 12.5. The molecular formula is C12H15ClN4O2S. The molecule has 8 heteroatoms. The van der Waals surface area contributed by atoms with Gasteiger partial charge in [0.15, 0.2) is 0 Å². The van der Waals surface area contributed by atoms with E-state index in [2.05, 4.69) is 10.1 Å². The topological polar surface area (TPSA) is 108 Å². The normalized spacial score (nSPS) is 10.1. The number of nitrogens with two attached hydrogens (primary N) is 2. The van der Waals surface area contributed by atoms with Crippen LogP contribution < -0.4 is 11.5 Å². The summed E-state index contributed by atoms with van der Waals surface area (Å²) in [6, 6.07) is 7.64. The molecule has 6 nitrogen and oxygen atoms in total. The summed E-state index contributed by atoms with van der Waals surface area (Å²) in [6.07, 6.45) is 0. The highest BCUT2D eigenvalue weighted by Gasteiger charge is 2.09. The maximum atomic E-state index is 10.6. The molecule has 0 aliphatic heterocycles. The van der Waals surface area contributed by atoms with Crippen molar-refractivity contribution in [3.8, 4) is 11.4 Å². The number of hydrogen-bond acceptors (Lipinski definition) is 6. The molecule has 0 aliphatic carbocycles. The quantitative estimate of drug-likeness (QED) is 0.833. The lowest BCUT2D eigenvalue weighted by atomic mass is 10.1. The van der Waals surface area contributed by atoms with Gasteiger partial charge in [0.1, 0.15) is 0 Å². The second kappa shape index (κ2) is 7.88. The number of rotatable bonds is 6. The molecule has 0 aliphatic rings. The number of aromatic nitrogens is 2. The Labute approximate surface area is 126 Å². The number of thioether (sulfide) groups is 1. The van der Waals surface area contributed by atoms with Crippen LogP contribution in [-0.2, 0) is 17.1 Å². The van der Waals surface area contributed by atoms with Crippen LogP contribution in [-0.4, -0.2) is 21.8 Å². The lowest BCUT2D eigenvalue weighted by Gasteiger charge is -1.97. The zero-order valence-corrected chi connectivity index (χ0v) is 12.2. The number of halogens is 1. The van der Waals surface area contributed by atoms with Crippen LogP contribution in [0.4, 0.5) is 0 Å². The van der Waals surface area contributed by atoms with Gasteiger partial charge in [0, 0.05) is 12.1 Å². The van der Waals surface area contributed by atoms with Gasteiger partial charge in [0.25, 0.3) is 0 Å². The molecule has 0 bridgehead atoms. The van der Waals surface area contributed by atoms with E-state index in [1.165, 1.54) is 11.8 Å². The van der Waals surface area contributed by atoms with E-state index in [1.807, 2.05) is 24.3 Å². The lowest BCUT2D eigenvalue weighted by molar-refractivity contribution is -0.115. The van der Waals surface area contributed by atoms with Crippen molar-refractivity contribution in [1.82, 2.24) is 10.1 Å². The minimum atomic E-state index is -0.359. The highest BCUT2D eigenvalue weighted by atomic mass is 35.5. The van der Waals surface area contributed by atoms with Crippen molar-refractivity contribution in [2.24, 2.45) is 11.5 Å². The smallest absolute Gasteiger partial charge is 0.236 e. The Morgan fingerprint density at radius 1 is 1.30 bits per heavy atom. The Morgan fingerprint density at radius 3 is 2.60 bits per heavy atom. The number of hydrogen-bond donors (Lipinski definition) is 2. The van der Waals surface area contributed by atoms with E-state index in [-0.39, 0.29) is 24.1 Å². The predicted octanol–water partition coefficient (Wildman–Crippen LogP) is 1.34. The first-order chi connectivity index (χ1) is 9.19. The zero-order valence-electron chi connectivity index (χ0n) is 10.6. The fourth-order valence-corrected chi connectivity index (χ4v) is 2.05. The van der Waals surface area contributed by atoms with Crippen LogP contribution in [0.15, 0.2) is 28.8 Å². The summed E-state index contributed by atoms with van der Waals surface area (Å²) in [5.74, 6) is 1.35. The molecule has 0 atom stereocenters. The number of carbonyl (C=O) groups is 1. The number of carbonyl (C=O) groups excluding carboxylic acids is 1. The van der Waals surface area contributed by atoms with Gasteiger partial charge in [0.05, 0.1) is 11.5 Å². The van der Waals surface area contributed by atoms with Crippen molar-refractivity contribution in [3.63, 3.8) is 0 Å². The van der Waals surface area contributed by atoms with E-state index < -0.39 is 0 Å². The monoisotopic (exact) mass is 314 g/mol. The van der Waals surface area contributed by atoms with Crippen molar-refractivity contribution in [1.29, 1.82) is 0 Å². The van der Waals surface area contributed by atoms with Crippen LogP contribution in [0.5, 0.6) is 0 Å². The van der Waals surface area contributed by atoms with Gasteiger partial charge in [0.2, 0.25) is 17.6 Å². The first kappa shape index (κ1) is 16.5. The second-order valence-corrected chi connectivity index (χ2v) is 4.86. The summed E-state index contributed by atoms with van der Waals surface area (Å²) in [6.45, 7) is 0.502. The third-order valence-electron chi connectivity index (χ3n) is 2.39. The van der Waals surface area contributed by atoms with E-state index in [0.717, 1.165) is 11.1 Å². The van der Waals surface area contributed by atoms with Gasteiger partial charge in [-0.2, -0.15) is 4.98 Å². The molecule has 4 N–H and O–H groups in total. The molecule has 0 fully saturated rings. The molecule has 0 saturated heterocycles. The highest BCUT2D eigenvalue weighted by molar-refractivity contribution is 7.99. The number of benzene rings is 1. The predicted molar refractivity (Wildman–Crippen MR) is 80.2 cm³/mol. The number of amides is 1. The maximum Gasteiger partial charge on any atom is 0.236 e. The van der Waals surface area contributed by atoms with Gasteiger partial charge in [-0.25, -0.2) is 0 Å². The van der Waals surface area contributed by atoms with Crippen LogP contribution in [0, 0.1) is 0 Å². The molecule has 1 heterocycles. The fourth-order valence-electron chi connectivity index (χ4n) is 1.46. The van der Waals surface area contributed by atoms with Crippen molar-refractivity contribution in [2.75, 3.05) is 5.75 Å². The molecule has 1 aromatic heterocycles. The molecule has 0 saturated carbocycles. The Kier molecular flexibility index (Phi) is 6.50. The number of nitrogens with zero attached hydrogens (tertiary/aromatic N) is 2. The SMILES string of the molecule is Cl.NCc1ccc(-c2noc(CSCC(N)=O)n2)cc1. The first-order valence-corrected chi connectivity index (χ1v) is 6.82. The van der Waals surface area contributed by atoms with Gasteiger partial charge in [-0.15, -0.1) is 24.2 Å². The Morgan fingerprint density at radius 2 is 2.00 bits per heavy atom. The largest absolute Gasteiger partial charge is 0.369 e. The number of primary amides is 1. The van der Waals surface area contributed by atoms with Crippen LogP contribution in [0.3, 0.4) is 0 Å². The zero-order chi connectivity index (χ0) is 13.7. The standard InChI is InChI=1S/C12H14N4O2S.ClH/c13-5-8-1-3-9(4-2-8)12-15-11(18-16-12)7-19-6-10(14)17;/h1-4H,5-7,13H2,(H2,14,17);1H. The Balaban J connectivity index is 0.00000200. The van der Waals surface area contributed by atoms with Crippen LogP contribution in [0.1, 0.15) is 11.5 Å². The van der Waals surface area contributed by atoms with E-state index in [0.29, 0.717) is 24.0 Å². The van der Waals surface area contributed by atoms with Crippen molar-refractivity contribution >= 4 is 30.1 Å². The van der Waals surface area contributed by atoms with E-state index >= 15 is 0 Å². The van der Waals surface area contributed by atoms with E-state index in [4.69, 9.17) is 16.0 Å². The average molecular weight is 315 g/mol. The molecular weight excluding hydrogens is 300 g/mol. The fraction of sp³-hybridized carbons (Fsp3) is 0.250. The Hall–Kier alpha value is -1.57. The third-order valence-corrected chi connectivity index (χ3v) is 3.33. The Bertz CT molecular complexity index is 559. The second-order valence-electron chi connectivity index (χ2n) is 3.87. The summed E-state index contributed by atoms with van der Waals surface area (Å²) >= 11 is 1.34. The summed E-state index contributed by atoms with van der Waals surface area (Å²) in [5, 5.41) is 3.89. The lowest BCUT2D eigenvalue weighted by Crippen LogP contribution is -2.13. The third kappa shape index (κ3) is 4.52. The van der Waals surface area contributed by atoms with Gasteiger partial charge in [-0.05, 0) is 5.56 Å². The maximum absolute atomic E-state index is 10.6. The molecule has 1 aromatic carbocycles. The van der Waals surface area contributed by atoms with Gasteiger partial charge in [-0.1, -0.05) is 29.4 Å². The van der Waals surface area contributed by atoms with E-state index in [1.54, 1.807) is 0 Å². The summed E-state index contributed by atoms with van der Waals surface area (Å²) in [7, 11) is 0. The minimum absolute atomic E-state index is 0. The minimum Gasteiger partial charge on any atom is -0.369 e. The molecule has 20 heavy (non-hydrogen) atoms. The van der Waals surface area contributed by atoms with Gasteiger partial charge in [-0.3, -0.25) is 4.79 Å². The van der Waals surface area contributed by atoms with Crippen LogP contribution >= 0.6 is 24.2 Å². The summed E-state index contributed by atoms with van der Waals surface area (Å²) in [4.78, 5) is 14.9. The van der Waals surface area contributed by atoms with Crippen molar-refractivity contribution in [2.45, 2.75) is 12.3 Å². The summed E-state index contributed by atoms with van der Waals surface area (Å²) < 4.78 is 5.10. The molecule has 2 aromatic rings. The average Bonchev–Trinajstić information content (AvgIpc) is 2.87. The van der Waals surface area contributed by atoms with E-state index in [9.17, 15) is 4.79 Å². The van der Waals surface area contributed by atoms with Crippen molar-refractivity contribution in [3.05, 3.63) is 35.7 Å². The van der Waals surface area contributed by atoms with Gasteiger partial charge >= 0.3 is 0 Å². The van der Waals surface area contributed by atoms with Crippen LogP contribution in [0.2, 0.25) is 0 Å². The molecule has 0 radical (unpaired) electrons. The highest BCUT2D eigenvalue weighted by Crippen LogP contribution is 2.18. The molecule has 0 spiro atoms. The van der Waals surface area contributed by atoms with Crippen molar-refractivity contribution < 1.29 is 9.32 Å². The van der Waals surface area contributed by atoms with Gasteiger partial charge < -0.3 is 16.0 Å². The first-order valence-electron chi connectivity index (χ1n) is 5.67. The molecule has 108 valence electrons. The molecule has 2 rings (SSSR count). The molecule has 0 unspecified atom stereocenters. The molecule has 1 amide bonds. The van der Waals surface area contributed by atoms with Crippen LogP contribution in [0.25, 0.3) is 11.4 Å².